The first-order valence-electron chi connectivity index (χ1n) is 23.2. The SMILES string of the molecule is CCC(=O)Oc1cccc(CCCCCCCC2SC2CC2SC2CC2CSSCC(CC3SC3CC3SC3CCCCCCCc3cccc(OC(=O)CC)c3)SS2)c1. The minimum Gasteiger partial charge on any atom is -0.427 e. The molecule has 2 aromatic carbocycles. The summed E-state index contributed by atoms with van der Waals surface area (Å²) >= 11 is 9.17. The molecule has 4 nitrogen and oxygen atoms in total. The Hall–Kier alpha value is 0.180. The van der Waals surface area contributed by atoms with Crippen molar-refractivity contribution in [1.82, 2.24) is 0 Å². The van der Waals surface area contributed by atoms with Crippen LogP contribution in [0.4, 0.5) is 0 Å². The maximum atomic E-state index is 11.6. The highest BCUT2D eigenvalue weighted by molar-refractivity contribution is 8.80. The predicted molar refractivity (Wildman–Crippen MR) is 274 cm³/mol. The summed E-state index contributed by atoms with van der Waals surface area (Å²) in [5, 5.41) is 9.15. The van der Waals surface area contributed by atoms with Gasteiger partial charge >= 0.3 is 11.9 Å². The molecule has 332 valence electrons. The van der Waals surface area contributed by atoms with Crippen molar-refractivity contribution in [2.45, 2.75) is 195 Å². The van der Waals surface area contributed by atoms with Crippen molar-refractivity contribution in [1.29, 1.82) is 0 Å². The molecular formula is C48H68O4S8. The molecule has 0 amide bonds. The monoisotopic (exact) mass is 964 g/mol. The summed E-state index contributed by atoms with van der Waals surface area (Å²) in [7, 11) is 8.87. The molecule has 2 aromatic rings. The number of hydrogen-bond donors (Lipinski definition) is 0. The highest BCUT2D eigenvalue weighted by atomic mass is 33.1. The largest absolute Gasteiger partial charge is 0.427 e. The number of unbranched alkanes of at least 4 members (excludes halogenated alkanes) is 8. The molecule has 5 heterocycles. The van der Waals surface area contributed by atoms with Crippen LogP contribution in [0.1, 0.15) is 141 Å². The van der Waals surface area contributed by atoms with Gasteiger partial charge in [0.05, 0.1) is 0 Å². The first-order chi connectivity index (χ1) is 29.4. The van der Waals surface area contributed by atoms with E-state index in [2.05, 4.69) is 102 Å². The fraction of sp³-hybridized carbons (Fsp3) is 0.708. The number of esters is 2. The van der Waals surface area contributed by atoms with Crippen LogP contribution in [0, 0.1) is 0 Å². The van der Waals surface area contributed by atoms with Crippen LogP contribution in [0.25, 0.3) is 0 Å². The van der Waals surface area contributed by atoms with Crippen LogP contribution >= 0.6 is 90.2 Å². The average Bonchev–Trinajstić information content (AvgIpc) is 4.08. The molecule has 0 aromatic heterocycles. The Kier molecular flexibility index (Phi) is 20.7. The van der Waals surface area contributed by atoms with E-state index in [0.717, 1.165) is 65.3 Å². The summed E-state index contributed by atoms with van der Waals surface area (Å²) in [5.41, 5.74) is 2.55. The molecule has 12 heteroatoms. The first-order valence-corrected chi connectivity index (χ1v) is 31.7. The lowest BCUT2D eigenvalue weighted by atomic mass is 10.0. The van der Waals surface area contributed by atoms with Crippen LogP contribution in [-0.2, 0) is 22.4 Å². The molecule has 0 bridgehead atoms. The van der Waals surface area contributed by atoms with Crippen molar-refractivity contribution < 1.29 is 19.1 Å². The fourth-order valence-electron chi connectivity index (χ4n) is 8.47. The van der Waals surface area contributed by atoms with Gasteiger partial charge in [0, 0.05) is 76.8 Å². The Morgan fingerprint density at radius 3 is 1.33 bits per heavy atom. The second-order valence-electron chi connectivity index (χ2n) is 17.4. The summed E-state index contributed by atoms with van der Waals surface area (Å²) in [6.45, 7) is 3.67. The van der Waals surface area contributed by atoms with E-state index in [0.29, 0.717) is 24.3 Å². The quantitative estimate of drug-likeness (QED) is 0.0268. The number of benzene rings is 2. The summed E-state index contributed by atoms with van der Waals surface area (Å²) in [6.07, 6.45) is 24.8. The van der Waals surface area contributed by atoms with Crippen molar-refractivity contribution in [2.24, 2.45) is 0 Å². The van der Waals surface area contributed by atoms with E-state index in [1.807, 2.05) is 50.2 Å². The van der Waals surface area contributed by atoms with Gasteiger partial charge in [0.1, 0.15) is 11.5 Å². The lowest BCUT2D eigenvalue weighted by Gasteiger charge is -2.23. The number of aryl methyl sites for hydroxylation is 2. The van der Waals surface area contributed by atoms with Crippen LogP contribution in [-0.4, -0.2) is 75.9 Å². The fourth-order valence-corrected chi connectivity index (χ4v) is 20.9. The van der Waals surface area contributed by atoms with E-state index in [1.165, 1.54) is 125 Å². The Bertz CT molecular complexity index is 1510. The Labute approximate surface area is 395 Å². The average molecular weight is 966 g/mol. The number of rotatable bonds is 28. The number of carbonyl (C=O) groups excluding carboxylic acids is 2. The van der Waals surface area contributed by atoms with Crippen molar-refractivity contribution in [3.8, 4) is 11.5 Å². The van der Waals surface area contributed by atoms with E-state index in [4.69, 9.17) is 9.47 Å². The van der Waals surface area contributed by atoms with Crippen LogP contribution in [0.15, 0.2) is 48.5 Å². The molecule has 5 aliphatic rings. The van der Waals surface area contributed by atoms with Crippen molar-refractivity contribution in [3.05, 3.63) is 59.7 Å². The third-order valence-electron chi connectivity index (χ3n) is 12.3. The minimum atomic E-state index is -0.163. The predicted octanol–water partition coefficient (Wildman–Crippen LogP) is 14.8. The van der Waals surface area contributed by atoms with Gasteiger partial charge in [0.25, 0.3) is 0 Å². The lowest BCUT2D eigenvalue weighted by molar-refractivity contribution is -0.134. The minimum absolute atomic E-state index is 0.163. The highest BCUT2D eigenvalue weighted by Gasteiger charge is 2.49. The number of thioether (sulfide) groups is 4. The summed E-state index contributed by atoms with van der Waals surface area (Å²) < 4.78 is 10.8. The molecule has 5 aliphatic heterocycles. The topological polar surface area (TPSA) is 52.6 Å². The van der Waals surface area contributed by atoms with E-state index in [1.54, 1.807) is 0 Å². The molecular weight excluding hydrogens is 897 g/mol. The highest BCUT2D eigenvalue weighted by Crippen LogP contribution is 2.59. The van der Waals surface area contributed by atoms with Crippen LogP contribution < -0.4 is 9.47 Å². The van der Waals surface area contributed by atoms with Crippen molar-refractivity contribution in [3.63, 3.8) is 0 Å². The van der Waals surface area contributed by atoms with Crippen molar-refractivity contribution in [2.75, 3.05) is 11.5 Å². The maximum Gasteiger partial charge on any atom is 0.310 e. The van der Waals surface area contributed by atoms with Crippen LogP contribution in [0.3, 0.4) is 0 Å². The summed E-state index contributed by atoms with van der Waals surface area (Å²) in [6, 6.07) is 16.1. The number of ether oxygens (including phenoxy) is 2. The molecule has 5 saturated heterocycles. The summed E-state index contributed by atoms with van der Waals surface area (Å²) in [4.78, 5) is 23.2. The zero-order valence-corrected chi connectivity index (χ0v) is 42.4. The Morgan fingerprint density at radius 2 is 0.883 bits per heavy atom. The van der Waals surface area contributed by atoms with E-state index >= 15 is 0 Å². The Morgan fingerprint density at radius 1 is 0.500 bits per heavy atom. The van der Waals surface area contributed by atoms with Gasteiger partial charge in [-0.3, -0.25) is 9.59 Å². The van der Waals surface area contributed by atoms with E-state index in [9.17, 15) is 9.59 Å². The molecule has 10 atom stereocenters. The molecule has 10 unspecified atom stereocenters. The number of hydrogen-bond acceptors (Lipinski definition) is 12. The van der Waals surface area contributed by atoms with Crippen LogP contribution in [0.2, 0.25) is 0 Å². The molecule has 0 radical (unpaired) electrons. The van der Waals surface area contributed by atoms with E-state index < -0.39 is 0 Å². The third kappa shape index (κ3) is 17.5. The molecule has 7 rings (SSSR count). The maximum absolute atomic E-state index is 11.6. The summed E-state index contributed by atoms with van der Waals surface area (Å²) in [5.74, 6) is 3.70. The van der Waals surface area contributed by atoms with Gasteiger partial charge in [-0.05, 0) is 99.6 Å². The van der Waals surface area contributed by atoms with E-state index in [-0.39, 0.29) is 11.9 Å². The zero-order chi connectivity index (χ0) is 41.5. The zero-order valence-electron chi connectivity index (χ0n) is 35.8. The molecule has 5 fully saturated rings. The molecule has 0 saturated carbocycles. The molecule has 60 heavy (non-hydrogen) atoms. The standard InChI is InChI=1S/C48H68O4S8/c1-3-47(49)51-35-21-15-19-33(25-35)17-11-7-5-9-13-23-39-43(55-39)29-45-41(57-45)27-37-31-53-54-32-38(60-59-37)28-42-46(58-42)30-44-40(56-44)24-14-10-6-8-12-18-34-20-16-22-36(26-34)52-48(50)4-2/h15-16,19-22,25-26,37-46H,3-14,17-18,23-24,27-32H2,1-2H3. The smallest absolute Gasteiger partial charge is 0.310 e. The van der Waals surface area contributed by atoms with Gasteiger partial charge in [-0.25, -0.2) is 0 Å². The number of carbonyl (C=O) groups is 2. The van der Waals surface area contributed by atoms with Gasteiger partial charge in [0.2, 0.25) is 0 Å². The molecule has 0 spiro atoms. The van der Waals surface area contributed by atoms with Gasteiger partial charge in [0.15, 0.2) is 0 Å². The van der Waals surface area contributed by atoms with Crippen LogP contribution in [0.5, 0.6) is 11.5 Å². The second-order valence-corrected chi connectivity index (χ2v) is 28.7. The van der Waals surface area contributed by atoms with Gasteiger partial charge in [-0.1, -0.05) is 133 Å². The first kappa shape index (κ1) is 48.1. The third-order valence-corrected chi connectivity index (χ3v) is 24.5. The Balaban J connectivity index is 0.658. The lowest BCUT2D eigenvalue weighted by Crippen LogP contribution is -2.16. The second kappa shape index (κ2) is 25.8. The van der Waals surface area contributed by atoms with Gasteiger partial charge < -0.3 is 9.47 Å². The van der Waals surface area contributed by atoms with Gasteiger partial charge in [-0.15, -0.1) is 0 Å². The molecule has 0 N–H and O–H groups in total. The normalized spacial score (nSPS) is 29.3. The van der Waals surface area contributed by atoms with Crippen molar-refractivity contribution >= 4 is 102 Å². The molecule has 0 aliphatic carbocycles. The van der Waals surface area contributed by atoms with Gasteiger partial charge in [-0.2, -0.15) is 47.0 Å².